The molecule has 28 heavy (non-hydrogen) atoms. The first-order chi connectivity index (χ1) is 13.1. The van der Waals surface area contributed by atoms with E-state index >= 15 is 0 Å². The molecule has 6 nitrogen and oxygen atoms in total. The van der Waals surface area contributed by atoms with Gasteiger partial charge in [-0.05, 0) is 40.5 Å². The molecular weight excluding hydrogens is 382 g/mol. The molecule has 0 radical (unpaired) electrons. The van der Waals surface area contributed by atoms with E-state index in [1.807, 2.05) is 0 Å². The number of hydrogen-bond acceptors (Lipinski definition) is 6. The monoisotopic (exact) mass is 403 g/mol. The number of nitrogens with two attached hydrogens (primary N) is 2. The summed E-state index contributed by atoms with van der Waals surface area (Å²) in [7, 11) is 0. The van der Waals surface area contributed by atoms with Crippen molar-refractivity contribution in [2.75, 3.05) is 0 Å². The van der Waals surface area contributed by atoms with Crippen LogP contribution >= 0.6 is 0 Å². The van der Waals surface area contributed by atoms with Gasteiger partial charge in [0.2, 0.25) is 0 Å². The van der Waals surface area contributed by atoms with Crippen molar-refractivity contribution in [3.8, 4) is 11.5 Å². The highest BCUT2D eigenvalue weighted by Crippen LogP contribution is 2.39. The third-order valence-corrected chi connectivity index (χ3v) is 4.29. The lowest BCUT2D eigenvalue weighted by molar-refractivity contribution is -0.0690. The number of aliphatic hydroxyl groups is 1. The van der Waals surface area contributed by atoms with E-state index in [-0.39, 0.29) is 11.6 Å². The van der Waals surface area contributed by atoms with Crippen LogP contribution in [0.5, 0.6) is 11.5 Å². The predicted molar refractivity (Wildman–Crippen MR) is 95.5 cm³/mol. The van der Waals surface area contributed by atoms with Gasteiger partial charge < -0.3 is 25.7 Å². The third-order valence-electron chi connectivity index (χ3n) is 4.29. The standard InChI is InChI=1S/C18H21F4N3O3/c1-9(2)18(26,15(23)8-25-24)12-4-3-10-6-13(27-16(19)20)14(28-17(21)22)7-11(10)5-12/h3-9,16-17,25-26H,23-24H2,1-2H3/b15-8-. The van der Waals surface area contributed by atoms with Gasteiger partial charge in [-0.2, -0.15) is 17.6 Å². The summed E-state index contributed by atoms with van der Waals surface area (Å²) in [6.45, 7) is -2.99. The zero-order chi connectivity index (χ0) is 21.1. The van der Waals surface area contributed by atoms with Crippen LogP contribution in [0.2, 0.25) is 0 Å². The summed E-state index contributed by atoms with van der Waals surface area (Å²) in [5.41, 5.74) is 6.97. The topological polar surface area (TPSA) is 103 Å². The molecule has 10 heteroatoms. The Morgan fingerprint density at radius 3 is 2.04 bits per heavy atom. The summed E-state index contributed by atoms with van der Waals surface area (Å²) < 4.78 is 59.0. The maximum atomic E-state index is 12.7. The first-order valence-electron chi connectivity index (χ1n) is 8.22. The van der Waals surface area contributed by atoms with Crippen LogP contribution < -0.4 is 26.5 Å². The smallest absolute Gasteiger partial charge is 0.387 e. The number of benzene rings is 2. The Balaban J connectivity index is 2.64. The van der Waals surface area contributed by atoms with E-state index in [4.69, 9.17) is 11.6 Å². The van der Waals surface area contributed by atoms with E-state index < -0.39 is 30.3 Å². The normalized spacial score (nSPS) is 14.6. The largest absolute Gasteiger partial charge is 0.431 e. The Morgan fingerprint density at radius 1 is 1.04 bits per heavy atom. The molecule has 6 N–H and O–H groups in total. The molecule has 0 aliphatic heterocycles. The van der Waals surface area contributed by atoms with Crippen molar-refractivity contribution < 1.29 is 32.1 Å². The van der Waals surface area contributed by atoms with Crippen LogP contribution in [0.15, 0.2) is 42.2 Å². The minimum Gasteiger partial charge on any atom is -0.431 e. The van der Waals surface area contributed by atoms with Gasteiger partial charge >= 0.3 is 13.2 Å². The molecular formula is C18H21F4N3O3. The van der Waals surface area contributed by atoms with Gasteiger partial charge in [-0.1, -0.05) is 26.0 Å². The molecule has 0 saturated heterocycles. The SMILES string of the molecule is CC(C)C(O)(/C(N)=C/NN)c1ccc2cc(OC(F)F)c(OC(F)F)cc2c1. The molecule has 2 aromatic rings. The summed E-state index contributed by atoms with van der Waals surface area (Å²) in [4.78, 5) is 0. The average molecular weight is 403 g/mol. The number of hydrazine groups is 1. The Labute approximate surface area is 158 Å². The fourth-order valence-corrected chi connectivity index (χ4v) is 2.90. The average Bonchev–Trinajstić information content (AvgIpc) is 2.60. The van der Waals surface area contributed by atoms with Crippen molar-refractivity contribution in [3.63, 3.8) is 0 Å². The molecule has 154 valence electrons. The maximum absolute atomic E-state index is 12.7. The quantitative estimate of drug-likeness (QED) is 0.307. The highest BCUT2D eigenvalue weighted by molar-refractivity contribution is 5.87. The van der Waals surface area contributed by atoms with E-state index in [9.17, 15) is 22.7 Å². The van der Waals surface area contributed by atoms with Crippen LogP contribution in [0, 0.1) is 5.92 Å². The molecule has 0 aliphatic carbocycles. The summed E-state index contributed by atoms with van der Waals surface area (Å²) in [6.07, 6.45) is 1.23. The van der Waals surface area contributed by atoms with Gasteiger partial charge in [0.15, 0.2) is 11.5 Å². The minimum absolute atomic E-state index is 0.0334. The first kappa shape index (κ1) is 21.6. The molecule has 0 aliphatic rings. The Kier molecular flexibility index (Phi) is 6.57. The van der Waals surface area contributed by atoms with Crippen molar-refractivity contribution in [3.05, 3.63) is 47.8 Å². The van der Waals surface area contributed by atoms with Gasteiger partial charge in [-0.25, -0.2) is 0 Å². The molecule has 0 spiro atoms. The van der Waals surface area contributed by atoms with Crippen LogP contribution in [0.4, 0.5) is 17.6 Å². The second-order valence-electron chi connectivity index (χ2n) is 6.31. The summed E-state index contributed by atoms with van der Waals surface area (Å²) >= 11 is 0. The number of rotatable bonds is 8. The van der Waals surface area contributed by atoms with Crippen molar-refractivity contribution in [2.45, 2.75) is 32.7 Å². The zero-order valence-electron chi connectivity index (χ0n) is 15.1. The van der Waals surface area contributed by atoms with Crippen molar-refractivity contribution >= 4 is 10.8 Å². The molecule has 2 aromatic carbocycles. The van der Waals surface area contributed by atoms with Crippen molar-refractivity contribution in [2.24, 2.45) is 17.5 Å². The second kappa shape index (κ2) is 8.53. The summed E-state index contributed by atoms with van der Waals surface area (Å²) in [5, 5.41) is 11.9. The lowest BCUT2D eigenvalue weighted by atomic mass is 9.80. The van der Waals surface area contributed by atoms with Gasteiger partial charge in [0.1, 0.15) is 5.60 Å². The van der Waals surface area contributed by atoms with Crippen LogP contribution in [0.3, 0.4) is 0 Å². The highest BCUT2D eigenvalue weighted by atomic mass is 19.3. The molecule has 0 aromatic heterocycles. The van der Waals surface area contributed by atoms with Crippen molar-refractivity contribution in [1.29, 1.82) is 0 Å². The van der Waals surface area contributed by atoms with Gasteiger partial charge in [0.25, 0.3) is 0 Å². The van der Waals surface area contributed by atoms with Crippen molar-refractivity contribution in [1.82, 2.24) is 5.43 Å². The second-order valence-corrected chi connectivity index (χ2v) is 6.31. The molecule has 0 amide bonds. The molecule has 1 unspecified atom stereocenters. The number of fused-ring (bicyclic) bond motifs is 1. The number of ether oxygens (including phenoxy) is 2. The third kappa shape index (κ3) is 4.39. The van der Waals surface area contributed by atoms with E-state index in [0.717, 1.165) is 12.1 Å². The van der Waals surface area contributed by atoms with E-state index in [1.165, 1.54) is 18.3 Å². The number of hydrogen-bond donors (Lipinski definition) is 4. The van der Waals surface area contributed by atoms with Crippen LogP contribution in [-0.4, -0.2) is 18.3 Å². The van der Waals surface area contributed by atoms with Gasteiger partial charge in [0, 0.05) is 6.20 Å². The van der Waals surface area contributed by atoms with E-state index in [1.54, 1.807) is 19.9 Å². The summed E-state index contributed by atoms with van der Waals surface area (Å²) in [6, 6.07) is 6.84. The molecule has 0 bridgehead atoms. The zero-order valence-corrected chi connectivity index (χ0v) is 15.1. The molecule has 0 heterocycles. The van der Waals surface area contributed by atoms with Crippen LogP contribution in [0.1, 0.15) is 19.4 Å². The first-order valence-corrected chi connectivity index (χ1v) is 8.22. The highest BCUT2D eigenvalue weighted by Gasteiger charge is 2.36. The summed E-state index contributed by atoms with van der Waals surface area (Å²) in [5.74, 6) is 3.77. The Hall–Kier alpha value is -2.72. The van der Waals surface area contributed by atoms with E-state index in [2.05, 4.69) is 14.9 Å². The molecule has 0 saturated carbocycles. The molecule has 0 fully saturated rings. The maximum Gasteiger partial charge on any atom is 0.387 e. The van der Waals surface area contributed by atoms with E-state index in [0.29, 0.717) is 16.3 Å². The minimum atomic E-state index is -3.23. The van der Waals surface area contributed by atoms with Gasteiger partial charge in [-0.3, -0.25) is 5.84 Å². The number of alkyl halides is 4. The van der Waals surface area contributed by atoms with Crippen LogP contribution in [-0.2, 0) is 5.60 Å². The molecule has 1 atom stereocenters. The number of nitrogens with one attached hydrogen (secondary N) is 1. The fraction of sp³-hybridized carbons (Fsp3) is 0.333. The van der Waals surface area contributed by atoms with Gasteiger partial charge in [-0.15, -0.1) is 0 Å². The van der Waals surface area contributed by atoms with Gasteiger partial charge in [0.05, 0.1) is 5.70 Å². The number of halogens is 4. The lowest BCUT2D eigenvalue weighted by Gasteiger charge is -2.33. The molecule has 2 rings (SSSR count). The Morgan fingerprint density at radius 2 is 1.57 bits per heavy atom. The fourth-order valence-electron chi connectivity index (χ4n) is 2.90. The Bertz CT molecular complexity index is 861. The predicted octanol–water partition coefficient (Wildman–Crippen LogP) is 3.15. The van der Waals surface area contributed by atoms with Crippen LogP contribution in [0.25, 0.3) is 10.8 Å². The lowest BCUT2D eigenvalue weighted by Crippen LogP contribution is -2.39.